The molecule has 0 aromatic heterocycles. The largest absolute Gasteiger partial charge is 0.271 e. The van der Waals surface area contributed by atoms with Crippen LogP contribution in [0.4, 0.5) is 5.69 Å². The van der Waals surface area contributed by atoms with E-state index in [9.17, 15) is 0 Å². The van der Waals surface area contributed by atoms with Crippen molar-refractivity contribution in [2.24, 2.45) is 0 Å². The first-order valence-corrected chi connectivity index (χ1v) is 11.4. The van der Waals surface area contributed by atoms with E-state index in [-0.39, 0.29) is 6.23 Å². The summed E-state index contributed by atoms with van der Waals surface area (Å²) in [7, 11) is 0. The Kier molecular flexibility index (Phi) is 15.6. The second-order valence-corrected chi connectivity index (χ2v) is 7.51. The lowest BCUT2D eigenvalue weighted by Crippen LogP contribution is -2.35. The molecule has 1 unspecified atom stereocenters. The minimum absolute atomic E-state index is 0.272. The van der Waals surface area contributed by atoms with Crippen molar-refractivity contribution in [1.29, 1.82) is 0 Å². The van der Waals surface area contributed by atoms with Crippen LogP contribution in [0, 0.1) is 0 Å². The molecule has 0 amide bonds. The zero-order valence-corrected chi connectivity index (χ0v) is 18.3. The Morgan fingerprint density at radius 1 is 0.778 bits per heavy atom. The zero-order valence-electron chi connectivity index (χ0n) is 17.5. The third kappa shape index (κ3) is 11.6. The molecule has 0 fully saturated rings. The lowest BCUT2D eigenvalue weighted by Gasteiger charge is -2.29. The van der Waals surface area contributed by atoms with Gasteiger partial charge in [0.1, 0.15) is 0 Å². The van der Waals surface area contributed by atoms with Crippen molar-refractivity contribution in [3.8, 4) is 0 Å². The van der Waals surface area contributed by atoms with Gasteiger partial charge in [-0.1, -0.05) is 103 Å². The van der Waals surface area contributed by atoms with Crippen LogP contribution in [-0.2, 0) is 9.13 Å². The van der Waals surface area contributed by atoms with Crippen LogP contribution in [0.3, 0.4) is 0 Å². The summed E-state index contributed by atoms with van der Waals surface area (Å²) in [6.07, 6.45) is 16.6. The van der Waals surface area contributed by atoms with Gasteiger partial charge < -0.3 is 0 Å². The molecule has 3 nitrogen and oxygen atoms in total. The van der Waals surface area contributed by atoms with Gasteiger partial charge in [-0.2, -0.15) is 0 Å². The monoisotopic (exact) mass is 397 g/mol. The number of hydrogen-bond acceptors (Lipinski definition) is 3. The Morgan fingerprint density at radius 2 is 1.30 bits per heavy atom. The summed E-state index contributed by atoms with van der Waals surface area (Å²) in [5.41, 5.74) is 0.976. The summed E-state index contributed by atoms with van der Waals surface area (Å²) in [5, 5.41) is 1.80. The van der Waals surface area contributed by atoms with Gasteiger partial charge in [-0.05, 0) is 25.0 Å². The number of para-hydroxylation sites is 1. The molecule has 0 saturated heterocycles. The standard InChI is InChI=1S/C23H40ClNO2/c1-3-5-6-7-8-9-10-11-12-13-14-18-21-26-25(23(4-2)27-24)22-19-16-15-17-20-22/h15-17,19-20,23H,3-14,18,21H2,1-2H3. The van der Waals surface area contributed by atoms with Gasteiger partial charge in [-0.3, -0.25) is 9.13 Å². The molecule has 0 aliphatic carbocycles. The fourth-order valence-electron chi connectivity index (χ4n) is 3.27. The fourth-order valence-corrected chi connectivity index (χ4v) is 3.47. The summed E-state index contributed by atoms with van der Waals surface area (Å²) in [5.74, 6) is 0. The highest BCUT2D eigenvalue weighted by Crippen LogP contribution is 2.21. The molecule has 0 radical (unpaired) electrons. The molecule has 1 aromatic carbocycles. The van der Waals surface area contributed by atoms with Crippen LogP contribution in [0.15, 0.2) is 30.3 Å². The van der Waals surface area contributed by atoms with Crippen LogP contribution in [0.5, 0.6) is 0 Å². The van der Waals surface area contributed by atoms with Gasteiger partial charge in [0, 0.05) is 0 Å². The van der Waals surface area contributed by atoms with Crippen LogP contribution >= 0.6 is 11.9 Å². The smallest absolute Gasteiger partial charge is 0.174 e. The second kappa shape index (κ2) is 17.3. The Balaban J connectivity index is 2.08. The van der Waals surface area contributed by atoms with Gasteiger partial charge in [-0.25, -0.2) is 5.06 Å². The predicted octanol–water partition coefficient (Wildman–Crippen LogP) is 8.03. The van der Waals surface area contributed by atoms with Crippen molar-refractivity contribution in [2.45, 2.75) is 104 Å². The summed E-state index contributed by atoms with van der Waals surface area (Å²) in [6, 6.07) is 10.0. The van der Waals surface area contributed by atoms with Gasteiger partial charge in [0.15, 0.2) is 6.23 Å². The van der Waals surface area contributed by atoms with Crippen molar-refractivity contribution in [3.63, 3.8) is 0 Å². The van der Waals surface area contributed by atoms with Gasteiger partial charge in [0.05, 0.1) is 24.2 Å². The molecule has 1 rings (SSSR count). The Bertz CT molecular complexity index is 426. The maximum Gasteiger partial charge on any atom is 0.174 e. The van der Waals surface area contributed by atoms with E-state index < -0.39 is 0 Å². The van der Waals surface area contributed by atoms with Gasteiger partial charge in [0.2, 0.25) is 0 Å². The molecule has 0 bridgehead atoms. The van der Waals surface area contributed by atoms with E-state index in [1.165, 1.54) is 70.6 Å². The molecule has 0 heterocycles. The van der Waals surface area contributed by atoms with Gasteiger partial charge >= 0.3 is 0 Å². The van der Waals surface area contributed by atoms with Crippen molar-refractivity contribution in [2.75, 3.05) is 11.7 Å². The molecular weight excluding hydrogens is 358 g/mol. The second-order valence-electron chi connectivity index (χ2n) is 7.34. The maximum absolute atomic E-state index is 5.99. The first kappa shape index (κ1) is 24.3. The molecule has 156 valence electrons. The highest BCUT2D eigenvalue weighted by atomic mass is 35.5. The lowest BCUT2D eigenvalue weighted by atomic mass is 10.1. The Hall–Kier alpha value is -0.770. The molecule has 0 N–H and O–H groups in total. The number of rotatable bonds is 18. The number of halogens is 1. The van der Waals surface area contributed by atoms with Crippen LogP contribution in [0.1, 0.15) is 97.3 Å². The van der Waals surface area contributed by atoms with Crippen molar-refractivity contribution in [3.05, 3.63) is 30.3 Å². The van der Waals surface area contributed by atoms with E-state index in [2.05, 4.69) is 6.92 Å². The molecule has 4 heteroatoms. The molecular formula is C23H40ClNO2. The fraction of sp³-hybridized carbons (Fsp3) is 0.739. The van der Waals surface area contributed by atoms with Crippen LogP contribution in [0.25, 0.3) is 0 Å². The highest BCUT2D eigenvalue weighted by molar-refractivity contribution is 6.07. The van der Waals surface area contributed by atoms with E-state index in [1.807, 2.05) is 37.3 Å². The van der Waals surface area contributed by atoms with Crippen molar-refractivity contribution >= 4 is 17.6 Å². The van der Waals surface area contributed by atoms with E-state index in [1.54, 1.807) is 5.06 Å². The Morgan fingerprint density at radius 3 is 1.78 bits per heavy atom. The molecule has 0 saturated carbocycles. The summed E-state index contributed by atoms with van der Waals surface area (Å²) < 4.78 is 5.05. The third-order valence-electron chi connectivity index (χ3n) is 4.95. The molecule has 0 spiro atoms. The molecule has 0 aliphatic rings. The average Bonchev–Trinajstić information content (AvgIpc) is 2.71. The summed E-state index contributed by atoms with van der Waals surface area (Å²) >= 11 is 5.65. The normalized spacial score (nSPS) is 12.3. The van der Waals surface area contributed by atoms with E-state index in [4.69, 9.17) is 21.0 Å². The van der Waals surface area contributed by atoms with Crippen LogP contribution in [0.2, 0.25) is 0 Å². The molecule has 0 aliphatic heterocycles. The highest BCUT2D eigenvalue weighted by Gasteiger charge is 2.18. The predicted molar refractivity (Wildman–Crippen MR) is 117 cm³/mol. The van der Waals surface area contributed by atoms with Crippen LogP contribution in [-0.4, -0.2) is 12.8 Å². The quantitative estimate of drug-likeness (QED) is 0.142. The lowest BCUT2D eigenvalue weighted by molar-refractivity contribution is 0.0207. The maximum atomic E-state index is 5.99. The first-order chi connectivity index (χ1) is 13.3. The summed E-state index contributed by atoms with van der Waals surface area (Å²) in [6.45, 7) is 5.01. The van der Waals surface area contributed by atoms with E-state index in [0.717, 1.165) is 18.5 Å². The minimum Gasteiger partial charge on any atom is -0.271 e. The molecule has 27 heavy (non-hydrogen) atoms. The van der Waals surface area contributed by atoms with Gasteiger partial charge in [-0.15, -0.1) is 0 Å². The number of nitrogens with zero attached hydrogens (tertiary/aromatic N) is 1. The summed E-state index contributed by atoms with van der Waals surface area (Å²) in [4.78, 5) is 5.99. The molecule has 1 atom stereocenters. The Labute approximate surface area is 172 Å². The zero-order chi connectivity index (χ0) is 19.6. The number of hydroxylamine groups is 1. The average molecular weight is 398 g/mol. The first-order valence-electron chi connectivity index (χ1n) is 11.1. The third-order valence-corrected chi connectivity index (χ3v) is 5.16. The topological polar surface area (TPSA) is 21.7 Å². The van der Waals surface area contributed by atoms with Crippen molar-refractivity contribution < 1.29 is 9.13 Å². The van der Waals surface area contributed by atoms with Crippen LogP contribution < -0.4 is 5.06 Å². The number of hydrogen-bond donors (Lipinski definition) is 0. The number of anilines is 1. The minimum atomic E-state index is -0.272. The number of unbranched alkanes of at least 4 members (excludes halogenated alkanes) is 11. The number of benzene rings is 1. The SMILES string of the molecule is CCCCCCCCCCCCCCON(c1ccccc1)C(CC)OCl. The van der Waals surface area contributed by atoms with E-state index in [0.29, 0.717) is 6.61 Å². The molecule has 1 aromatic rings. The van der Waals surface area contributed by atoms with Crippen molar-refractivity contribution in [1.82, 2.24) is 0 Å². The van der Waals surface area contributed by atoms with Gasteiger partial charge in [0.25, 0.3) is 0 Å². The van der Waals surface area contributed by atoms with E-state index >= 15 is 0 Å².